The summed E-state index contributed by atoms with van der Waals surface area (Å²) in [4.78, 5) is 12.4. The molecular weight excluding hydrogens is 390 g/mol. The van der Waals surface area contributed by atoms with E-state index < -0.39 is 0 Å². The van der Waals surface area contributed by atoms with Gasteiger partial charge in [0.15, 0.2) is 0 Å². The van der Waals surface area contributed by atoms with E-state index in [0.717, 1.165) is 22.3 Å². The predicted octanol–water partition coefficient (Wildman–Crippen LogP) is 4.31. The molecule has 0 spiro atoms. The van der Waals surface area contributed by atoms with Gasteiger partial charge < -0.3 is 10.6 Å². The van der Waals surface area contributed by atoms with Crippen molar-refractivity contribution < 1.29 is 4.79 Å². The first kappa shape index (κ1) is 18.6. The zero-order chi connectivity index (χ0) is 21.0. The molecule has 3 aromatic carbocycles. The van der Waals surface area contributed by atoms with E-state index in [0.29, 0.717) is 17.9 Å². The SMILES string of the molecule is O=C(Nc1ccc(-n2nnc3ccccc32)cc1)Nc1cnn(Cc2ccccc2)c1. The lowest BCUT2D eigenvalue weighted by Crippen LogP contribution is -2.19. The monoisotopic (exact) mass is 409 g/mol. The topological polar surface area (TPSA) is 89.7 Å². The molecular formula is C23H19N7O. The molecule has 5 aromatic rings. The Kier molecular flexibility index (Phi) is 4.86. The van der Waals surface area contributed by atoms with Gasteiger partial charge in [0, 0.05) is 11.9 Å². The summed E-state index contributed by atoms with van der Waals surface area (Å²) in [5.41, 5.74) is 5.05. The van der Waals surface area contributed by atoms with Crippen LogP contribution in [0, 0.1) is 0 Å². The Morgan fingerprint density at radius 2 is 1.58 bits per heavy atom. The molecule has 0 fully saturated rings. The number of anilines is 2. The fourth-order valence-corrected chi connectivity index (χ4v) is 3.32. The second-order valence-corrected chi connectivity index (χ2v) is 7.03. The molecule has 5 rings (SSSR count). The molecule has 0 aliphatic heterocycles. The molecule has 2 N–H and O–H groups in total. The van der Waals surface area contributed by atoms with Crippen LogP contribution < -0.4 is 10.6 Å². The molecule has 0 unspecified atom stereocenters. The third kappa shape index (κ3) is 4.13. The largest absolute Gasteiger partial charge is 0.323 e. The van der Waals surface area contributed by atoms with Crippen molar-refractivity contribution in [3.8, 4) is 5.69 Å². The highest BCUT2D eigenvalue weighted by atomic mass is 16.2. The molecule has 0 aliphatic rings. The number of hydrogen-bond donors (Lipinski definition) is 2. The van der Waals surface area contributed by atoms with E-state index in [-0.39, 0.29) is 6.03 Å². The maximum Gasteiger partial charge on any atom is 0.323 e. The average Bonchev–Trinajstić information content (AvgIpc) is 3.42. The van der Waals surface area contributed by atoms with Crippen LogP contribution >= 0.6 is 0 Å². The first-order valence-corrected chi connectivity index (χ1v) is 9.80. The lowest BCUT2D eigenvalue weighted by atomic mass is 10.2. The summed E-state index contributed by atoms with van der Waals surface area (Å²) in [6.45, 7) is 0.641. The van der Waals surface area contributed by atoms with Crippen LogP contribution in [-0.4, -0.2) is 30.8 Å². The molecule has 0 aliphatic carbocycles. The summed E-state index contributed by atoms with van der Waals surface area (Å²) in [6, 6.07) is 24.9. The van der Waals surface area contributed by atoms with Crippen molar-refractivity contribution in [1.29, 1.82) is 0 Å². The van der Waals surface area contributed by atoms with Gasteiger partial charge in [0.05, 0.1) is 29.6 Å². The standard InChI is InChI=1S/C23H19N7O/c31-23(26-19-14-24-29(16-19)15-17-6-2-1-3-7-17)25-18-10-12-20(13-11-18)30-22-9-5-4-8-21(22)27-28-30/h1-14,16H,15H2,(H2,25,26,31). The molecule has 2 amide bonds. The Bertz CT molecular complexity index is 1320. The summed E-state index contributed by atoms with van der Waals surface area (Å²) in [6.07, 6.45) is 3.42. The number of carbonyl (C=O) groups is 1. The van der Waals surface area contributed by atoms with Crippen molar-refractivity contribution in [2.24, 2.45) is 0 Å². The van der Waals surface area contributed by atoms with Crippen molar-refractivity contribution >= 4 is 28.4 Å². The maximum absolute atomic E-state index is 12.4. The summed E-state index contributed by atoms with van der Waals surface area (Å²) in [7, 11) is 0. The summed E-state index contributed by atoms with van der Waals surface area (Å²) in [5.74, 6) is 0. The van der Waals surface area contributed by atoms with E-state index in [1.807, 2.05) is 78.9 Å². The number of benzene rings is 3. The molecule has 0 radical (unpaired) electrons. The minimum absolute atomic E-state index is 0.335. The van der Waals surface area contributed by atoms with Crippen molar-refractivity contribution in [2.45, 2.75) is 6.54 Å². The van der Waals surface area contributed by atoms with Gasteiger partial charge in [-0.2, -0.15) is 5.10 Å². The third-order valence-electron chi connectivity index (χ3n) is 4.80. The van der Waals surface area contributed by atoms with Crippen LogP contribution in [0.15, 0.2) is 91.3 Å². The Balaban J connectivity index is 1.22. The summed E-state index contributed by atoms with van der Waals surface area (Å²) in [5, 5.41) is 18.3. The van der Waals surface area contributed by atoms with Crippen molar-refractivity contribution in [3.05, 3.63) is 96.8 Å². The highest BCUT2D eigenvalue weighted by molar-refractivity contribution is 5.99. The van der Waals surface area contributed by atoms with Gasteiger partial charge in [-0.1, -0.05) is 47.7 Å². The quantitative estimate of drug-likeness (QED) is 0.453. The summed E-state index contributed by atoms with van der Waals surface area (Å²) < 4.78 is 3.54. The fraction of sp³-hybridized carbons (Fsp3) is 0.0435. The van der Waals surface area contributed by atoms with E-state index in [1.54, 1.807) is 21.8 Å². The van der Waals surface area contributed by atoms with Gasteiger partial charge in [-0.3, -0.25) is 4.68 Å². The number of para-hydroxylation sites is 1. The molecule has 8 heteroatoms. The Hall–Kier alpha value is -4.46. The van der Waals surface area contributed by atoms with Crippen molar-refractivity contribution in [2.75, 3.05) is 10.6 Å². The van der Waals surface area contributed by atoms with Crippen molar-refractivity contribution in [1.82, 2.24) is 24.8 Å². The van der Waals surface area contributed by atoms with Gasteiger partial charge in [0.25, 0.3) is 0 Å². The van der Waals surface area contributed by atoms with Gasteiger partial charge >= 0.3 is 6.03 Å². The van der Waals surface area contributed by atoms with Gasteiger partial charge in [0.2, 0.25) is 0 Å². The number of amides is 2. The summed E-state index contributed by atoms with van der Waals surface area (Å²) >= 11 is 0. The zero-order valence-corrected chi connectivity index (χ0v) is 16.5. The first-order valence-electron chi connectivity index (χ1n) is 9.80. The van der Waals surface area contributed by atoms with Gasteiger partial charge in [-0.25, -0.2) is 9.48 Å². The first-order chi connectivity index (χ1) is 15.2. The second-order valence-electron chi connectivity index (χ2n) is 7.03. The number of urea groups is 1. The van der Waals surface area contributed by atoms with E-state index in [4.69, 9.17) is 0 Å². The van der Waals surface area contributed by atoms with Crippen molar-refractivity contribution in [3.63, 3.8) is 0 Å². The molecule has 0 saturated carbocycles. The average molecular weight is 409 g/mol. The predicted molar refractivity (Wildman–Crippen MR) is 119 cm³/mol. The normalized spacial score (nSPS) is 10.8. The van der Waals surface area contributed by atoms with Crippen LogP contribution in [0.4, 0.5) is 16.2 Å². The Morgan fingerprint density at radius 3 is 2.42 bits per heavy atom. The van der Waals surface area contributed by atoms with Gasteiger partial charge in [-0.05, 0) is 42.0 Å². The zero-order valence-electron chi connectivity index (χ0n) is 16.5. The number of aromatic nitrogens is 5. The fourth-order valence-electron chi connectivity index (χ4n) is 3.32. The maximum atomic E-state index is 12.4. The van der Waals surface area contributed by atoms with Crippen LogP contribution in [0.3, 0.4) is 0 Å². The number of carbonyl (C=O) groups excluding carboxylic acids is 1. The molecule has 31 heavy (non-hydrogen) atoms. The van der Waals surface area contributed by atoms with Gasteiger partial charge in [-0.15, -0.1) is 5.10 Å². The lowest BCUT2D eigenvalue weighted by Gasteiger charge is -2.07. The number of nitrogens with one attached hydrogen (secondary N) is 2. The lowest BCUT2D eigenvalue weighted by molar-refractivity contribution is 0.262. The van der Waals surface area contributed by atoms with E-state index in [1.165, 1.54) is 0 Å². The third-order valence-corrected chi connectivity index (χ3v) is 4.80. The van der Waals surface area contributed by atoms with E-state index in [2.05, 4.69) is 26.0 Å². The molecule has 8 nitrogen and oxygen atoms in total. The van der Waals surface area contributed by atoms with E-state index in [9.17, 15) is 4.79 Å². The minimum Gasteiger partial charge on any atom is -0.308 e. The minimum atomic E-state index is -0.335. The molecule has 0 atom stereocenters. The Morgan fingerprint density at radius 1 is 0.839 bits per heavy atom. The number of hydrogen-bond acceptors (Lipinski definition) is 4. The second kappa shape index (κ2) is 8.11. The number of fused-ring (bicyclic) bond motifs is 1. The molecule has 0 saturated heterocycles. The van der Waals surface area contributed by atoms with Crippen LogP contribution in [0.25, 0.3) is 16.7 Å². The highest BCUT2D eigenvalue weighted by Crippen LogP contribution is 2.18. The smallest absolute Gasteiger partial charge is 0.308 e. The van der Waals surface area contributed by atoms with Crippen LogP contribution in [0.2, 0.25) is 0 Å². The molecule has 2 aromatic heterocycles. The highest BCUT2D eigenvalue weighted by Gasteiger charge is 2.08. The van der Waals surface area contributed by atoms with Crippen LogP contribution in [-0.2, 0) is 6.54 Å². The van der Waals surface area contributed by atoms with E-state index >= 15 is 0 Å². The number of nitrogens with zero attached hydrogens (tertiary/aromatic N) is 5. The van der Waals surface area contributed by atoms with Gasteiger partial charge in [0.1, 0.15) is 5.52 Å². The molecule has 0 bridgehead atoms. The molecule has 2 heterocycles. The number of rotatable bonds is 5. The Labute approximate surface area is 178 Å². The van der Waals surface area contributed by atoms with Crippen LogP contribution in [0.5, 0.6) is 0 Å². The molecule has 152 valence electrons. The van der Waals surface area contributed by atoms with Crippen LogP contribution in [0.1, 0.15) is 5.56 Å².